The van der Waals surface area contributed by atoms with Crippen molar-refractivity contribution in [2.45, 2.75) is 39.3 Å². The first-order valence-corrected chi connectivity index (χ1v) is 7.22. The number of carbonyl (C=O) groups is 2. The summed E-state index contributed by atoms with van der Waals surface area (Å²) in [4.78, 5) is 24.4. The molecule has 0 aliphatic heterocycles. The maximum atomic E-state index is 12.2. The highest BCUT2D eigenvalue weighted by Crippen LogP contribution is 2.06. The average Bonchev–Trinajstić information content (AvgIpc) is 2.45. The van der Waals surface area contributed by atoms with E-state index >= 15 is 0 Å². The smallest absolute Gasteiger partial charge is 0.251 e. The van der Waals surface area contributed by atoms with E-state index < -0.39 is 6.04 Å². The van der Waals surface area contributed by atoms with Crippen LogP contribution in [0.3, 0.4) is 0 Å². The van der Waals surface area contributed by atoms with Gasteiger partial charge in [-0.1, -0.05) is 32.0 Å². The minimum atomic E-state index is -0.598. The molecule has 1 rings (SSSR count). The Hall–Kier alpha value is -1.88. The maximum Gasteiger partial charge on any atom is 0.251 e. The molecule has 116 valence electrons. The fourth-order valence-electron chi connectivity index (χ4n) is 1.95. The molecule has 1 unspecified atom stereocenters. The zero-order valence-corrected chi connectivity index (χ0v) is 12.8. The summed E-state index contributed by atoms with van der Waals surface area (Å²) < 4.78 is 0. The Bertz CT molecular complexity index is 460. The van der Waals surface area contributed by atoms with Gasteiger partial charge >= 0.3 is 0 Å². The third kappa shape index (κ3) is 5.55. The van der Waals surface area contributed by atoms with Gasteiger partial charge in [0.05, 0.1) is 0 Å². The molecule has 0 heterocycles. The molecule has 2 atom stereocenters. The number of rotatable bonds is 7. The summed E-state index contributed by atoms with van der Waals surface area (Å²) in [7, 11) is 0. The Morgan fingerprint density at radius 2 is 1.71 bits per heavy atom. The first-order valence-electron chi connectivity index (χ1n) is 7.22. The van der Waals surface area contributed by atoms with E-state index in [1.165, 1.54) is 0 Å². The van der Waals surface area contributed by atoms with Gasteiger partial charge in [0, 0.05) is 18.2 Å². The lowest BCUT2D eigenvalue weighted by Gasteiger charge is -2.24. The molecule has 0 aliphatic carbocycles. The molecule has 0 saturated heterocycles. The van der Waals surface area contributed by atoms with E-state index in [9.17, 15) is 9.59 Å². The third-order valence-corrected chi connectivity index (χ3v) is 3.22. The number of carbonyl (C=O) groups excluding carboxylic acids is 2. The molecule has 0 aromatic heterocycles. The highest BCUT2D eigenvalue weighted by atomic mass is 16.3. The fourth-order valence-corrected chi connectivity index (χ4v) is 1.95. The summed E-state index contributed by atoms with van der Waals surface area (Å²) in [5, 5.41) is 14.4. The van der Waals surface area contributed by atoms with Crippen LogP contribution in [0.1, 0.15) is 37.6 Å². The second kappa shape index (κ2) is 8.42. The molecular weight excluding hydrogens is 268 g/mol. The van der Waals surface area contributed by atoms with Gasteiger partial charge in [-0.2, -0.15) is 0 Å². The Morgan fingerprint density at radius 1 is 1.10 bits per heavy atom. The van der Waals surface area contributed by atoms with Gasteiger partial charge in [-0.25, -0.2) is 0 Å². The highest BCUT2D eigenvalue weighted by Gasteiger charge is 2.25. The summed E-state index contributed by atoms with van der Waals surface area (Å²) in [6, 6.07) is 8.08. The van der Waals surface area contributed by atoms with E-state index in [2.05, 4.69) is 10.6 Å². The van der Waals surface area contributed by atoms with Crippen molar-refractivity contribution >= 4 is 11.8 Å². The zero-order valence-electron chi connectivity index (χ0n) is 12.8. The van der Waals surface area contributed by atoms with Crippen LogP contribution in [0.25, 0.3) is 0 Å². The van der Waals surface area contributed by atoms with Crippen LogP contribution in [0.15, 0.2) is 30.3 Å². The van der Waals surface area contributed by atoms with E-state index in [0.717, 1.165) is 0 Å². The van der Waals surface area contributed by atoms with Gasteiger partial charge in [0.15, 0.2) is 0 Å². The van der Waals surface area contributed by atoms with Crippen LogP contribution in [0.4, 0.5) is 0 Å². The van der Waals surface area contributed by atoms with Crippen molar-refractivity contribution in [2.75, 3.05) is 6.61 Å². The van der Waals surface area contributed by atoms with E-state index in [1.54, 1.807) is 24.3 Å². The van der Waals surface area contributed by atoms with Crippen molar-refractivity contribution in [3.05, 3.63) is 35.9 Å². The van der Waals surface area contributed by atoms with Crippen molar-refractivity contribution in [1.82, 2.24) is 10.6 Å². The molecule has 0 radical (unpaired) electrons. The van der Waals surface area contributed by atoms with Crippen molar-refractivity contribution in [1.29, 1.82) is 0 Å². The molecule has 0 bridgehead atoms. The summed E-state index contributed by atoms with van der Waals surface area (Å²) in [6.07, 6.45) is 0.489. The molecule has 0 saturated carbocycles. The van der Waals surface area contributed by atoms with Crippen LogP contribution < -0.4 is 10.6 Å². The van der Waals surface area contributed by atoms with Gasteiger partial charge < -0.3 is 15.7 Å². The largest absolute Gasteiger partial charge is 0.396 e. The lowest BCUT2D eigenvalue weighted by Crippen LogP contribution is -2.51. The molecule has 3 N–H and O–H groups in total. The first kappa shape index (κ1) is 17.2. The highest BCUT2D eigenvalue weighted by molar-refractivity contribution is 5.97. The number of aliphatic hydroxyl groups is 1. The number of aliphatic hydroxyl groups excluding tert-OH is 1. The maximum absolute atomic E-state index is 12.2. The fraction of sp³-hybridized carbons (Fsp3) is 0.500. The van der Waals surface area contributed by atoms with Crippen molar-refractivity contribution < 1.29 is 14.7 Å². The number of nitrogens with one attached hydrogen (secondary N) is 2. The van der Waals surface area contributed by atoms with E-state index in [4.69, 9.17) is 5.11 Å². The molecule has 2 amide bonds. The number of amides is 2. The number of hydrogen-bond acceptors (Lipinski definition) is 3. The van der Waals surface area contributed by atoms with Crippen LogP contribution in [-0.4, -0.2) is 35.6 Å². The number of benzene rings is 1. The molecule has 1 aromatic rings. The van der Waals surface area contributed by atoms with Crippen molar-refractivity contribution in [3.63, 3.8) is 0 Å². The van der Waals surface area contributed by atoms with Gasteiger partial charge in [0.2, 0.25) is 5.91 Å². The summed E-state index contributed by atoms with van der Waals surface area (Å²) in [5.74, 6) is -0.520. The lowest BCUT2D eigenvalue weighted by molar-refractivity contribution is -0.124. The van der Waals surface area contributed by atoms with Crippen molar-refractivity contribution in [2.24, 2.45) is 5.92 Å². The Kier molecular flexibility index (Phi) is 6.88. The van der Waals surface area contributed by atoms with Crippen LogP contribution in [0, 0.1) is 5.92 Å². The molecule has 5 heteroatoms. The van der Waals surface area contributed by atoms with Gasteiger partial charge in [-0.3, -0.25) is 9.59 Å². The Labute approximate surface area is 125 Å². The summed E-state index contributed by atoms with van der Waals surface area (Å²) in [5.41, 5.74) is 0.527. The molecule has 21 heavy (non-hydrogen) atoms. The summed E-state index contributed by atoms with van der Waals surface area (Å²) in [6.45, 7) is 5.60. The van der Waals surface area contributed by atoms with Crippen LogP contribution in [0.2, 0.25) is 0 Å². The summed E-state index contributed by atoms with van der Waals surface area (Å²) >= 11 is 0. The van der Waals surface area contributed by atoms with Crippen molar-refractivity contribution in [3.8, 4) is 0 Å². The number of hydrogen-bond donors (Lipinski definition) is 3. The topological polar surface area (TPSA) is 78.4 Å². The normalized spacial score (nSPS) is 13.6. The molecular formula is C16H24N2O3. The zero-order chi connectivity index (χ0) is 15.8. The third-order valence-electron chi connectivity index (χ3n) is 3.22. The van der Waals surface area contributed by atoms with Gasteiger partial charge in [-0.05, 0) is 31.4 Å². The van der Waals surface area contributed by atoms with E-state index in [0.29, 0.717) is 12.0 Å². The van der Waals surface area contributed by atoms with E-state index in [-0.39, 0.29) is 30.4 Å². The SMILES string of the molecule is CC(C)C(NC(=O)c1ccccc1)C(=O)N[C@H](C)CCO. The predicted molar refractivity (Wildman–Crippen MR) is 81.8 cm³/mol. The van der Waals surface area contributed by atoms with E-state index in [1.807, 2.05) is 26.8 Å². The van der Waals surface area contributed by atoms with Gasteiger partial charge in [0.25, 0.3) is 5.91 Å². The average molecular weight is 292 g/mol. The quantitative estimate of drug-likeness (QED) is 0.709. The second-order valence-corrected chi connectivity index (χ2v) is 5.48. The van der Waals surface area contributed by atoms with Crippen LogP contribution >= 0.6 is 0 Å². The van der Waals surface area contributed by atoms with Gasteiger partial charge in [-0.15, -0.1) is 0 Å². The Morgan fingerprint density at radius 3 is 2.24 bits per heavy atom. The standard InChI is InChI=1S/C16H24N2O3/c1-11(2)14(16(21)17-12(3)9-10-19)18-15(20)13-7-5-4-6-8-13/h4-8,11-12,14,19H,9-10H2,1-3H3,(H,17,21)(H,18,20)/t12-,14?/m1/s1. The van der Waals surface area contributed by atoms with Gasteiger partial charge in [0.1, 0.15) is 6.04 Å². The minimum Gasteiger partial charge on any atom is -0.396 e. The predicted octanol–water partition coefficient (Wildman–Crippen LogP) is 1.33. The molecule has 1 aromatic carbocycles. The van der Waals surface area contributed by atoms with Crippen LogP contribution in [-0.2, 0) is 4.79 Å². The minimum absolute atomic E-state index is 0.0180. The Balaban J connectivity index is 2.69. The molecule has 0 spiro atoms. The first-order chi connectivity index (χ1) is 9.95. The molecule has 5 nitrogen and oxygen atoms in total. The lowest BCUT2D eigenvalue weighted by atomic mass is 10.0. The molecule has 0 aliphatic rings. The molecule has 0 fully saturated rings. The van der Waals surface area contributed by atoms with Crippen LogP contribution in [0.5, 0.6) is 0 Å². The second-order valence-electron chi connectivity index (χ2n) is 5.48. The monoisotopic (exact) mass is 292 g/mol.